The highest BCUT2D eigenvalue weighted by Crippen LogP contribution is 2.22. The third kappa shape index (κ3) is 3.35. The van der Waals surface area contributed by atoms with Gasteiger partial charge in [0, 0.05) is 31.7 Å². The van der Waals surface area contributed by atoms with Crippen molar-refractivity contribution in [2.45, 2.75) is 19.4 Å². The number of ether oxygens (including phenoxy) is 1. The Kier molecular flexibility index (Phi) is 4.66. The maximum atomic E-state index is 5.42. The number of methoxy groups -OCH3 is 1. The lowest BCUT2D eigenvalue weighted by atomic mass is 9.99. The van der Waals surface area contributed by atoms with Crippen molar-refractivity contribution in [3.63, 3.8) is 0 Å². The van der Waals surface area contributed by atoms with Gasteiger partial charge in [0.25, 0.3) is 0 Å². The van der Waals surface area contributed by atoms with Gasteiger partial charge in [-0.05, 0) is 25.3 Å². The van der Waals surface area contributed by atoms with Crippen molar-refractivity contribution in [1.82, 2.24) is 14.5 Å². The molecule has 0 amide bonds. The van der Waals surface area contributed by atoms with Crippen LogP contribution in [0.1, 0.15) is 18.5 Å². The number of nitrogens with two attached hydrogens (primary N) is 1. The third-order valence-electron chi connectivity index (χ3n) is 3.07. The highest BCUT2D eigenvalue weighted by Gasteiger charge is 2.21. The summed E-state index contributed by atoms with van der Waals surface area (Å²) in [7, 11) is 1.76. The summed E-state index contributed by atoms with van der Waals surface area (Å²) in [6.45, 7) is 3.83. The monoisotopic (exact) mass is 257 g/mol. The zero-order valence-corrected chi connectivity index (χ0v) is 10.9. The fourth-order valence-corrected chi connectivity index (χ4v) is 2.78. The Morgan fingerprint density at radius 2 is 2.53 bits per heavy atom. The van der Waals surface area contributed by atoms with Gasteiger partial charge in [-0.15, -0.1) is 5.10 Å². The summed E-state index contributed by atoms with van der Waals surface area (Å²) in [5, 5.41) is 4.97. The van der Waals surface area contributed by atoms with Gasteiger partial charge in [-0.2, -0.15) is 0 Å². The smallest absolute Gasteiger partial charge is 0.148 e. The number of aromatic nitrogens is 2. The van der Waals surface area contributed by atoms with E-state index in [9.17, 15) is 0 Å². The van der Waals surface area contributed by atoms with Crippen LogP contribution in [-0.2, 0) is 11.3 Å². The van der Waals surface area contributed by atoms with Crippen LogP contribution in [0.4, 0.5) is 5.00 Å². The first-order chi connectivity index (χ1) is 8.33. The Balaban J connectivity index is 1.90. The van der Waals surface area contributed by atoms with Crippen molar-refractivity contribution in [1.29, 1.82) is 0 Å². The van der Waals surface area contributed by atoms with Crippen LogP contribution >= 0.6 is 11.5 Å². The first-order valence-electron chi connectivity index (χ1n) is 5.82. The second-order valence-electron chi connectivity index (χ2n) is 4.39. The molecule has 1 aromatic rings. The Hall–Kier alpha value is -0.760. The van der Waals surface area contributed by atoms with Crippen LogP contribution in [0, 0.1) is 5.92 Å². The Morgan fingerprint density at radius 1 is 1.65 bits per heavy atom. The fraction of sp³-hybridized carbons (Fsp3) is 0.800. The van der Waals surface area contributed by atoms with Gasteiger partial charge in [0.05, 0.1) is 6.61 Å². The molecule has 1 atom stereocenters. The summed E-state index contributed by atoms with van der Waals surface area (Å²) in [6.07, 6.45) is 2.47. The van der Waals surface area contributed by atoms with Gasteiger partial charge in [-0.25, -0.2) is 5.84 Å². The van der Waals surface area contributed by atoms with Crippen molar-refractivity contribution >= 4 is 16.5 Å². The summed E-state index contributed by atoms with van der Waals surface area (Å²) in [5.74, 6) is 6.05. The molecule has 1 saturated heterocycles. The molecule has 0 saturated carbocycles. The van der Waals surface area contributed by atoms with Gasteiger partial charge in [0.2, 0.25) is 0 Å². The lowest BCUT2D eigenvalue weighted by Gasteiger charge is -2.31. The van der Waals surface area contributed by atoms with Crippen LogP contribution in [0.2, 0.25) is 0 Å². The molecule has 1 aliphatic heterocycles. The van der Waals surface area contributed by atoms with Crippen molar-refractivity contribution < 1.29 is 4.74 Å². The number of likely N-dealkylation sites (tertiary alicyclic amines) is 1. The molecule has 0 bridgehead atoms. The van der Waals surface area contributed by atoms with E-state index in [1.54, 1.807) is 7.11 Å². The minimum atomic E-state index is 0.634. The predicted molar refractivity (Wildman–Crippen MR) is 67.6 cm³/mol. The van der Waals surface area contributed by atoms with Crippen molar-refractivity contribution in [3.05, 3.63) is 5.69 Å². The van der Waals surface area contributed by atoms with Crippen LogP contribution < -0.4 is 11.3 Å². The van der Waals surface area contributed by atoms with Crippen molar-refractivity contribution in [2.24, 2.45) is 11.8 Å². The first kappa shape index (κ1) is 12.7. The number of anilines is 1. The summed E-state index contributed by atoms with van der Waals surface area (Å²) in [4.78, 5) is 2.39. The molecule has 1 aliphatic rings. The molecule has 1 unspecified atom stereocenters. The molecule has 2 rings (SSSR count). The molecule has 1 aromatic heterocycles. The fourth-order valence-electron chi connectivity index (χ4n) is 2.30. The Morgan fingerprint density at radius 3 is 3.29 bits per heavy atom. The number of nitrogen functional groups attached to an aromatic ring is 1. The summed E-state index contributed by atoms with van der Waals surface area (Å²) in [6, 6.07) is 0. The number of hydrazine groups is 1. The zero-order chi connectivity index (χ0) is 12.1. The van der Waals surface area contributed by atoms with Crippen LogP contribution in [-0.4, -0.2) is 41.3 Å². The average Bonchev–Trinajstić information content (AvgIpc) is 2.77. The number of rotatable bonds is 5. The topological polar surface area (TPSA) is 76.3 Å². The van der Waals surface area contributed by atoms with Gasteiger partial charge in [-0.3, -0.25) is 4.90 Å². The molecule has 17 heavy (non-hydrogen) atoms. The quantitative estimate of drug-likeness (QED) is 0.597. The lowest BCUT2D eigenvalue weighted by Crippen LogP contribution is -2.36. The molecule has 0 aliphatic carbocycles. The average molecular weight is 257 g/mol. The number of piperidine rings is 1. The summed E-state index contributed by atoms with van der Waals surface area (Å²) in [5.41, 5.74) is 3.58. The van der Waals surface area contributed by atoms with Crippen molar-refractivity contribution in [2.75, 3.05) is 32.2 Å². The van der Waals surface area contributed by atoms with E-state index >= 15 is 0 Å². The number of hydrogen-bond acceptors (Lipinski definition) is 7. The van der Waals surface area contributed by atoms with E-state index in [-0.39, 0.29) is 0 Å². The first-order valence-corrected chi connectivity index (χ1v) is 6.60. The van der Waals surface area contributed by atoms with Crippen LogP contribution in [0.15, 0.2) is 0 Å². The maximum absolute atomic E-state index is 5.42. The molecule has 0 aromatic carbocycles. The van der Waals surface area contributed by atoms with E-state index in [2.05, 4.69) is 19.9 Å². The SMILES string of the molecule is COCC1CCCN(Cc2nnsc2NN)C1. The van der Waals surface area contributed by atoms with Gasteiger partial charge in [0.1, 0.15) is 10.7 Å². The highest BCUT2D eigenvalue weighted by atomic mass is 32.1. The Bertz CT molecular complexity index is 343. The number of hydrogen-bond donors (Lipinski definition) is 2. The number of nitrogens with one attached hydrogen (secondary N) is 1. The highest BCUT2D eigenvalue weighted by molar-refractivity contribution is 7.10. The number of nitrogens with zero attached hydrogens (tertiary/aromatic N) is 3. The minimum absolute atomic E-state index is 0.634. The molecule has 1 fully saturated rings. The maximum Gasteiger partial charge on any atom is 0.148 e. The predicted octanol–water partition coefficient (Wildman–Crippen LogP) is 0.682. The standard InChI is InChI=1S/C10H19N5OS/c1-16-7-8-3-2-4-15(5-8)6-9-10(12-11)17-14-13-9/h8,12H,2-7,11H2,1H3. The molecule has 3 N–H and O–H groups in total. The van der Waals surface area contributed by atoms with E-state index in [4.69, 9.17) is 10.6 Å². The van der Waals surface area contributed by atoms with Gasteiger partial charge in [0.15, 0.2) is 0 Å². The van der Waals surface area contributed by atoms with Crippen LogP contribution in [0.25, 0.3) is 0 Å². The molecule has 96 valence electrons. The second kappa shape index (κ2) is 6.25. The van der Waals surface area contributed by atoms with Crippen molar-refractivity contribution in [3.8, 4) is 0 Å². The van der Waals surface area contributed by atoms with E-state index in [1.165, 1.54) is 24.4 Å². The second-order valence-corrected chi connectivity index (χ2v) is 5.15. The normalized spacial score (nSPS) is 21.6. The van der Waals surface area contributed by atoms with Crippen LogP contribution in [0.3, 0.4) is 0 Å². The molecule has 6 nitrogen and oxygen atoms in total. The molecular formula is C10H19N5OS. The van der Waals surface area contributed by atoms with Gasteiger partial charge >= 0.3 is 0 Å². The third-order valence-corrected chi connectivity index (χ3v) is 3.77. The van der Waals surface area contributed by atoms with E-state index in [0.717, 1.165) is 36.9 Å². The van der Waals surface area contributed by atoms with E-state index in [0.29, 0.717) is 5.92 Å². The molecule has 2 heterocycles. The Labute approximate surface area is 105 Å². The summed E-state index contributed by atoms with van der Waals surface area (Å²) >= 11 is 1.30. The van der Waals surface area contributed by atoms with E-state index in [1.807, 2.05) is 0 Å². The van der Waals surface area contributed by atoms with Crippen LogP contribution in [0.5, 0.6) is 0 Å². The molecular weight excluding hydrogens is 238 g/mol. The largest absolute Gasteiger partial charge is 0.384 e. The van der Waals surface area contributed by atoms with Gasteiger partial charge in [-0.1, -0.05) is 4.49 Å². The molecule has 0 radical (unpaired) electrons. The minimum Gasteiger partial charge on any atom is -0.384 e. The molecule has 7 heteroatoms. The zero-order valence-electron chi connectivity index (χ0n) is 10.1. The van der Waals surface area contributed by atoms with Gasteiger partial charge < -0.3 is 10.2 Å². The lowest BCUT2D eigenvalue weighted by molar-refractivity contribution is 0.0869. The van der Waals surface area contributed by atoms with E-state index < -0.39 is 0 Å². The molecule has 0 spiro atoms. The summed E-state index contributed by atoms with van der Waals surface area (Å²) < 4.78 is 9.14.